The van der Waals surface area contributed by atoms with Crippen molar-refractivity contribution in [1.29, 1.82) is 0 Å². The molecule has 1 aromatic heterocycles. The number of rotatable bonds is 3. The van der Waals surface area contributed by atoms with Gasteiger partial charge in [0.2, 0.25) is 5.88 Å². The number of hydrogen-bond acceptors (Lipinski definition) is 4. The Morgan fingerprint density at radius 2 is 2.11 bits per heavy atom. The number of ether oxygens (including phenoxy) is 1. The molecule has 0 aliphatic carbocycles. The molecule has 0 amide bonds. The van der Waals surface area contributed by atoms with Crippen LogP contribution in [-0.2, 0) is 0 Å². The molecule has 3 N–H and O–H groups in total. The quantitative estimate of drug-likeness (QED) is 0.394. The van der Waals surface area contributed by atoms with Gasteiger partial charge in [-0.1, -0.05) is 34.4 Å². The summed E-state index contributed by atoms with van der Waals surface area (Å²) >= 11 is 11.9. The van der Waals surface area contributed by atoms with Gasteiger partial charge in [0.15, 0.2) is 5.84 Å². The van der Waals surface area contributed by atoms with E-state index in [0.717, 1.165) is 0 Å². The molecule has 2 aromatic rings. The highest BCUT2D eigenvalue weighted by Crippen LogP contribution is 2.30. The summed E-state index contributed by atoms with van der Waals surface area (Å²) in [5.41, 5.74) is 5.82. The summed E-state index contributed by atoms with van der Waals surface area (Å²) in [5, 5.41) is 12.2. The van der Waals surface area contributed by atoms with Crippen LogP contribution >= 0.6 is 23.2 Å². The largest absolute Gasteiger partial charge is 0.437 e. The minimum Gasteiger partial charge on any atom is -0.437 e. The molecule has 98 valence electrons. The second kappa shape index (κ2) is 5.77. The van der Waals surface area contributed by atoms with Gasteiger partial charge in [-0.3, -0.25) is 0 Å². The van der Waals surface area contributed by atoms with Crippen LogP contribution in [0.5, 0.6) is 11.6 Å². The molecule has 0 saturated carbocycles. The number of aromatic nitrogens is 1. The monoisotopic (exact) mass is 297 g/mol. The fraction of sp³-hybridized carbons (Fsp3) is 0. The van der Waals surface area contributed by atoms with E-state index in [1.54, 1.807) is 24.3 Å². The van der Waals surface area contributed by atoms with Crippen molar-refractivity contribution >= 4 is 29.0 Å². The van der Waals surface area contributed by atoms with E-state index >= 15 is 0 Å². The average Bonchev–Trinajstić information content (AvgIpc) is 2.40. The van der Waals surface area contributed by atoms with Crippen molar-refractivity contribution in [3.63, 3.8) is 0 Å². The molecule has 1 heterocycles. The van der Waals surface area contributed by atoms with E-state index in [1.807, 2.05) is 0 Å². The lowest BCUT2D eigenvalue weighted by Crippen LogP contribution is -2.14. The summed E-state index contributed by atoms with van der Waals surface area (Å²) in [7, 11) is 0. The number of nitrogens with zero attached hydrogens (tertiary/aromatic N) is 2. The maximum Gasteiger partial charge on any atom is 0.238 e. The van der Waals surface area contributed by atoms with E-state index in [2.05, 4.69) is 10.1 Å². The molecule has 0 radical (unpaired) electrons. The number of benzene rings is 1. The van der Waals surface area contributed by atoms with Gasteiger partial charge in [0.05, 0.1) is 0 Å². The van der Waals surface area contributed by atoms with Crippen LogP contribution in [-0.4, -0.2) is 16.0 Å². The maximum atomic E-state index is 8.66. The smallest absolute Gasteiger partial charge is 0.238 e. The van der Waals surface area contributed by atoms with Crippen molar-refractivity contribution in [3.8, 4) is 11.6 Å². The first-order valence-electron chi connectivity index (χ1n) is 5.17. The van der Waals surface area contributed by atoms with E-state index in [0.29, 0.717) is 16.3 Å². The van der Waals surface area contributed by atoms with Gasteiger partial charge in [-0.2, -0.15) is 0 Å². The topological polar surface area (TPSA) is 80.7 Å². The van der Waals surface area contributed by atoms with E-state index in [4.69, 9.17) is 38.9 Å². The number of halogens is 2. The van der Waals surface area contributed by atoms with E-state index in [9.17, 15) is 0 Å². The van der Waals surface area contributed by atoms with Gasteiger partial charge in [0.1, 0.15) is 10.8 Å². The molecule has 1 aromatic carbocycles. The Morgan fingerprint density at radius 3 is 2.79 bits per heavy atom. The van der Waals surface area contributed by atoms with Crippen LogP contribution in [0.2, 0.25) is 10.0 Å². The van der Waals surface area contributed by atoms with Crippen molar-refractivity contribution in [2.45, 2.75) is 0 Å². The first kappa shape index (κ1) is 13.5. The van der Waals surface area contributed by atoms with Gasteiger partial charge >= 0.3 is 0 Å². The van der Waals surface area contributed by atoms with Crippen molar-refractivity contribution < 1.29 is 9.94 Å². The number of oxime groups is 1. The summed E-state index contributed by atoms with van der Waals surface area (Å²) in [4.78, 5) is 3.99. The predicted octanol–water partition coefficient (Wildman–Crippen LogP) is 3.28. The third kappa shape index (κ3) is 3.07. The molecule has 0 saturated heterocycles. The second-order valence-electron chi connectivity index (χ2n) is 3.52. The van der Waals surface area contributed by atoms with Crippen LogP contribution in [0, 0.1) is 0 Å². The summed E-state index contributed by atoms with van der Waals surface area (Å²) in [5.74, 6) is 0.509. The lowest BCUT2D eigenvalue weighted by molar-refractivity contribution is 0.318. The highest BCUT2D eigenvalue weighted by molar-refractivity contribution is 6.35. The lowest BCUT2D eigenvalue weighted by atomic mass is 10.2. The predicted molar refractivity (Wildman–Crippen MR) is 73.3 cm³/mol. The Labute approximate surface area is 119 Å². The molecule has 0 aliphatic rings. The highest BCUT2D eigenvalue weighted by Gasteiger charge is 2.13. The fourth-order valence-corrected chi connectivity index (χ4v) is 1.82. The van der Waals surface area contributed by atoms with Crippen molar-refractivity contribution in [2.75, 3.05) is 0 Å². The van der Waals surface area contributed by atoms with Crippen LogP contribution < -0.4 is 10.5 Å². The van der Waals surface area contributed by atoms with Gasteiger partial charge in [0, 0.05) is 16.8 Å². The van der Waals surface area contributed by atoms with Crippen molar-refractivity contribution in [3.05, 3.63) is 52.1 Å². The second-order valence-corrected chi connectivity index (χ2v) is 4.34. The Morgan fingerprint density at radius 1 is 1.32 bits per heavy atom. The van der Waals surface area contributed by atoms with Crippen LogP contribution in [0.3, 0.4) is 0 Å². The van der Waals surface area contributed by atoms with Crippen LogP contribution in [0.15, 0.2) is 41.7 Å². The Bertz CT molecular complexity index is 632. The minimum atomic E-state index is -0.122. The molecule has 0 fully saturated rings. The van der Waals surface area contributed by atoms with Crippen LogP contribution in [0.4, 0.5) is 0 Å². The molecule has 0 aliphatic heterocycles. The highest BCUT2D eigenvalue weighted by atomic mass is 35.5. The maximum absolute atomic E-state index is 8.66. The molecule has 5 nitrogen and oxygen atoms in total. The summed E-state index contributed by atoms with van der Waals surface area (Å²) in [6.45, 7) is 0. The first-order valence-corrected chi connectivity index (χ1v) is 5.93. The molecular formula is C12H9Cl2N3O2. The Balaban J connectivity index is 2.36. The van der Waals surface area contributed by atoms with E-state index < -0.39 is 0 Å². The third-order valence-corrected chi connectivity index (χ3v) is 2.85. The minimum absolute atomic E-state index is 0.122. The molecule has 0 unspecified atom stereocenters. The number of pyridine rings is 1. The molecule has 0 atom stereocenters. The van der Waals surface area contributed by atoms with Crippen molar-refractivity contribution in [1.82, 2.24) is 4.98 Å². The average molecular weight is 298 g/mol. The van der Waals surface area contributed by atoms with Crippen LogP contribution in [0.1, 0.15) is 5.56 Å². The van der Waals surface area contributed by atoms with Gasteiger partial charge in [-0.05, 0) is 24.3 Å². The molecular weight excluding hydrogens is 289 g/mol. The third-order valence-electron chi connectivity index (χ3n) is 2.25. The van der Waals surface area contributed by atoms with E-state index in [-0.39, 0.29) is 16.7 Å². The first-order chi connectivity index (χ1) is 9.11. The molecule has 0 spiro atoms. The molecule has 2 rings (SSSR count). The number of hydrogen-bond donors (Lipinski definition) is 2. The molecule has 7 heteroatoms. The molecule has 0 bridgehead atoms. The zero-order valence-corrected chi connectivity index (χ0v) is 11.1. The summed E-state index contributed by atoms with van der Waals surface area (Å²) < 4.78 is 5.51. The zero-order chi connectivity index (χ0) is 13.8. The van der Waals surface area contributed by atoms with Crippen LogP contribution in [0.25, 0.3) is 0 Å². The Hall–Kier alpha value is -1.98. The van der Waals surface area contributed by atoms with Gasteiger partial charge < -0.3 is 15.7 Å². The Kier molecular flexibility index (Phi) is 4.09. The SMILES string of the molecule is N/C(=N/O)c1ccnc(Oc2cccc(Cl)c2)c1Cl. The van der Waals surface area contributed by atoms with E-state index in [1.165, 1.54) is 12.3 Å². The van der Waals surface area contributed by atoms with Gasteiger partial charge in [0.25, 0.3) is 0 Å². The zero-order valence-electron chi connectivity index (χ0n) is 9.55. The number of nitrogens with two attached hydrogens (primary N) is 1. The molecule has 19 heavy (non-hydrogen) atoms. The summed E-state index contributed by atoms with van der Waals surface area (Å²) in [6, 6.07) is 8.30. The fourth-order valence-electron chi connectivity index (χ4n) is 1.39. The standard InChI is InChI=1S/C12H9Cl2N3O2/c13-7-2-1-3-8(6-7)19-12-10(14)9(4-5-16-12)11(15)17-18/h1-6,18H,(H2,15,17). The number of amidine groups is 1. The van der Waals surface area contributed by atoms with Gasteiger partial charge in [-0.25, -0.2) is 4.98 Å². The van der Waals surface area contributed by atoms with Crippen molar-refractivity contribution in [2.24, 2.45) is 10.9 Å². The normalized spacial score (nSPS) is 11.4. The van der Waals surface area contributed by atoms with Gasteiger partial charge in [-0.15, -0.1) is 0 Å². The summed E-state index contributed by atoms with van der Waals surface area (Å²) in [6.07, 6.45) is 1.44. The lowest BCUT2D eigenvalue weighted by Gasteiger charge is -2.09.